The van der Waals surface area contributed by atoms with Gasteiger partial charge in [-0.3, -0.25) is 0 Å². The number of rotatable bonds is 1. The summed E-state index contributed by atoms with van der Waals surface area (Å²) in [5.41, 5.74) is 0. The first-order chi connectivity index (χ1) is 3.80. The third kappa shape index (κ3) is 2.85. The van der Waals surface area contributed by atoms with E-state index in [1.165, 1.54) is 6.42 Å². The van der Waals surface area contributed by atoms with E-state index in [0.717, 1.165) is 0 Å². The quantitative estimate of drug-likeness (QED) is 0.424. The van der Waals surface area contributed by atoms with Crippen molar-refractivity contribution in [3.8, 4) is 0 Å². The van der Waals surface area contributed by atoms with Crippen LogP contribution in [-0.2, 0) is 0 Å². The molecule has 2 heteroatoms. The maximum Gasteiger partial charge on any atom is 1.00 e. The van der Waals surface area contributed by atoms with Crippen LogP contribution in [0.25, 0.3) is 0 Å². The molecule has 9 heavy (non-hydrogen) atoms. The summed E-state index contributed by atoms with van der Waals surface area (Å²) in [7, 11) is -0.114. The molecule has 0 fully saturated rings. The number of hydrogen-bond donors (Lipinski definition) is 0. The second-order valence-corrected chi connectivity index (χ2v) is 4.97. The minimum atomic E-state index is -0.114. The number of allylic oxidation sites excluding steroid dienone is 4. The van der Waals surface area contributed by atoms with Gasteiger partial charge in [-0.2, -0.15) is 0 Å². The first-order valence-electron chi connectivity index (χ1n) is 2.97. The Kier molecular flexibility index (Phi) is 4.85. The van der Waals surface area contributed by atoms with Crippen molar-refractivity contribution < 1.29 is 29.6 Å². The SMILES string of the molecule is C[Si](C)C1=CC=CC1.[Na+]. The fourth-order valence-corrected chi connectivity index (χ4v) is 1.77. The summed E-state index contributed by atoms with van der Waals surface area (Å²) in [6.07, 6.45) is 7.87. The Bertz CT molecular complexity index is 136. The van der Waals surface area contributed by atoms with E-state index in [9.17, 15) is 0 Å². The molecule has 0 aromatic rings. The smallest absolute Gasteiger partial charge is 0.0809 e. The zero-order chi connectivity index (χ0) is 5.98. The van der Waals surface area contributed by atoms with Gasteiger partial charge in [0.15, 0.2) is 0 Å². The van der Waals surface area contributed by atoms with Crippen molar-refractivity contribution in [3.05, 3.63) is 23.4 Å². The molecule has 0 aromatic carbocycles. The van der Waals surface area contributed by atoms with Gasteiger partial charge in [-0.15, -0.1) is 0 Å². The second-order valence-electron chi connectivity index (χ2n) is 2.32. The van der Waals surface area contributed by atoms with E-state index in [-0.39, 0.29) is 38.4 Å². The van der Waals surface area contributed by atoms with Gasteiger partial charge >= 0.3 is 29.6 Å². The summed E-state index contributed by atoms with van der Waals surface area (Å²) in [6.45, 7) is 4.67. The largest absolute Gasteiger partial charge is 1.00 e. The van der Waals surface area contributed by atoms with Crippen LogP contribution in [-0.4, -0.2) is 8.80 Å². The second kappa shape index (κ2) is 4.50. The van der Waals surface area contributed by atoms with Gasteiger partial charge in [0.1, 0.15) is 0 Å². The van der Waals surface area contributed by atoms with Crippen LogP contribution in [0.5, 0.6) is 0 Å². The van der Waals surface area contributed by atoms with Gasteiger partial charge in [0.05, 0.1) is 8.80 Å². The Hall–Kier alpha value is 0.697. The maximum absolute atomic E-state index is 2.34. The van der Waals surface area contributed by atoms with Crippen LogP contribution in [0, 0.1) is 0 Å². The monoisotopic (exact) mass is 146 g/mol. The summed E-state index contributed by atoms with van der Waals surface area (Å²) in [5.74, 6) is 0. The van der Waals surface area contributed by atoms with Crippen LogP contribution in [0.4, 0.5) is 0 Å². The molecule has 0 saturated carbocycles. The molecule has 0 saturated heterocycles. The summed E-state index contributed by atoms with van der Waals surface area (Å²) < 4.78 is 0. The Morgan fingerprint density at radius 2 is 2.11 bits per heavy atom. The molecule has 0 bridgehead atoms. The Balaban J connectivity index is 0.000000640. The first-order valence-corrected chi connectivity index (χ1v) is 5.47. The average Bonchev–Trinajstić information content (AvgIpc) is 2.12. The summed E-state index contributed by atoms with van der Waals surface area (Å²) in [4.78, 5) is 0. The van der Waals surface area contributed by atoms with Crippen LogP contribution >= 0.6 is 0 Å². The summed E-state index contributed by atoms with van der Waals surface area (Å²) in [6, 6.07) is 0. The summed E-state index contributed by atoms with van der Waals surface area (Å²) >= 11 is 0. The Morgan fingerprint density at radius 3 is 2.33 bits per heavy atom. The van der Waals surface area contributed by atoms with Gasteiger partial charge in [0, 0.05) is 0 Å². The van der Waals surface area contributed by atoms with Crippen molar-refractivity contribution >= 4 is 8.80 Å². The fourth-order valence-electron chi connectivity index (χ4n) is 0.818. The van der Waals surface area contributed by atoms with Crippen molar-refractivity contribution in [3.63, 3.8) is 0 Å². The van der Waals surface area contributed by atoms with Crippen molar-refractivity contribution in [2.75, 3.05) is 0 Å². The average molecular weight is 146 g/mol. The van der Waals surface area contributed by atoms with Crippen LogP contribution in [0.15, 0.2) is 23.4 Å². The van der Waals surface area contributed by atoms with Gasteiger partial charge in [0.25, 0.3) is 0 Å². The van der Waals surface area contributed by atoms with Crippen molar-refractivity contribution in [2.24, 2.45) is 0 Å². The minimum Gasteiger partial charge on any atom is -0.0809 e. The standard InChI is InChI=1S/C7H11Si.Na/c1-8(2)7-5-3-4-6-7;/h3-5H,6H2,1-2H3;/q;+1. The third-order valence-electron chi connectivity index (χ3n) is 1.41. The predicted octanol–water partition coefficient (Wildman–Crippen LogP) is -0.830. The van der Waals surface area contributed by atoms with Crippen molar-refractivity contribution in [2.45, 2.75) is 19.5 Å². The van der Waals surface area contributed by atoms with E-state index in [4.69, 9.17) is 0 Å². The van der Waals surface area contributed by atoms with E-state index in [1.54, 1.807) is 5.20 Å². The molecule has 0 N–H and O–H groups in total. The van der Waals surface area contributed by atoms with E-state index in [1.807, 2.05) is 0 Å². The Labute approximate surface area is 80.9 Å². The van der Waals surface area contributed by atoms with E-state index < -0.39 is 0 Å². The molecule has 0 nitrogen and oxygen atoms in total. The van der Waals surface area contributed by atoms with Crippen LogP contribution < -0.4 is 29.6 Å². The van der Waals surface area contributed by atoms with E-state index in [2.05, 4.69) is 31.3 Å². The van der Waals surface area contributed by atoms with Gasteiger partial charge in [-0.1, -0.05) is 36.5 Å². The molecule has 0 atom stereocenters. The van der Waals surface area contributed by atoms with Crippen molar-refractivity contribution in [1.82, 2.24) is 0 Å². The molecular formula is C7H11NaSi+. The molecule has 1 radical (unpaired) electrons. The molecule has 1 rings (SSSR count). The Morgan fingerprint density at radius 1 is 1.44 bits per heavy atom. The van der Waals surface area contributed by atoms with Gasteiger partial charge < -0.3 is 0 Å². The maximum atomic E-state index is 2.34. The number of hydrogen-bond acceptors (Lipinski definition) is 0. The van der Waals surface area contributed by atoms with Gasteiger partial charge in [-0.25, -0.2) is 0 Å². The van der Waals surface area contributed by atoms with Crippen LogP contribution in [0.3, 0.4) is 0 Å². The van der Waals surface area contributed by atoms with Gasteiger partial charge in [-0.05, 0) is 6.42 Å². The molecule has 0 spiro atoms. The first kappa shape index (κ1) is 9.70. The third-order valence-corrected chi connectivity index (χ3v) is 3.07. The van der Waals surface area contributed by atoms with Crippen molar-refractivity contribution in [1.29, 1.82) is 0 Å². The molecular weight excluding hydrogens is 135 g/mol. The summed E-state index contributed by atoms with van der Waals surface area (Å²) in [5, 5.41) is 1.66. The molecule has 43 valence electrons. The van der Waals surface area contributed by atoms with E-state index in [0.29, 0.717) is 0 Å². The fraction of sp³-hybridized carbons (Fsp3) is 0.429. The molecule has 0 aromatic heterocycles. The van der Waals surface area contributed by atoms with E-state index >= 15 is 0 Å². The molecule has 0 heterocycles. The molecule has 1 aliphatic rings. The molecule has 0 amide bonds. The van der Waals surface area contributed by atoms with Crippen LogP contribution in [0.2, 0.25) is 13.1 Å². The zero-order valence-electron chi connectivity index (χ0n) is 6.44. The molecule has 1 aliphatic carbocycles. The van der Waals surface area contributed by atoms with Crippen LogP contribution in [0.1, 0.15) is 6.42 Å². The predicted molar refractivity (Wildman–Crippen MR) is 39.3 cm³/mol. The zero-order valence-corrected chi connectivity index (χ0v) is 9.44. The minimum absolute atomic E-state index is 0. The molecule has 0 aliphatic heterocycles. The normalized spacial score (nSPS) is 15.7. The van der Waals surface area contributed by atoms with Gasteiger partial charge in [0.2, 0.25) is 0 Å². The molecule has 0 unspecified atom stereocenters. The topological polar surface area (TPSA) is 0 Å².